The van der Waals surface area contributed by atoms with E-state index in [4.69, 9.17) is 21.1 Å². The number of benzene rings is 2. The van der Waals surface area contributed by atoms with Crippen LogP contribution in [0.15, 0.2) is 36.4 Å². The number of nitro groups is 1. The number of sulfonamides is 1. The molecule has 1 N–H and O–H groups in total. The summed E-state index contributed by atoms with van der Waals surface area (Å²) in [4.78, 5) is 23.1. The summed E-state index contributed by atoms with van der Waals surface area (Å²) >= 11 is 5.95. The van der Waals surface area contributed by atoms with Gasteiger partial charge in [0, 0.05) is 17.2 Å². The quantitative estimate of drug-likeness (QED) is 0.557. The Bertz CT molecular complexity index is 1090. The van der Waals surface area contributed by atoms with Crippen LogP contribution < -0.4 is 19.1 Å². The van der Waals surface area contributed by atoms with Crippen LogP contribution in [-0.2, 0) is 14.8 Å². The molecule has 2 aromatic rings. The average Bonchev–Trinajstić information content (AvgIpc) is 2.66. The van der Waals surface area contributed by atoms with Crippen molar-refractivity contribution in [2.45, 2.75) is 6.10 Å². The van der Waals surface area contributed by atoms with Crippen LogP contribution in [0.2, 0.25) is 5.02 Å². The third-order valence-corrected chi connectivity index (χ3v) is 5.52. The number of ether oxygens (including phenoxy) is 2. The van der Waals surface area contributed by atoms with Gasteiger partial charge in [0.05, 0.1) is 36.2 Å². The molecule has 3 rings (SSSR count). The topological polar surface area (TPSA) is 128 Å². The van der Waals surface area contributed by atoms with Crippen molar-refractivity contribution in [3.63, 3.8) is 0 Å². The van der Waals surface area contributed by atoms with E-state index in [9.17, 15) is 23.3 Å². The number of methoxy groups -OCH3 is 1. The summed E-state index contributed by atoms with van der Waals surface area (Å²) in [6.07, 6.45) is -0.205. The minimum absolute atomic E-state index is 0.0584. The Morgan fingerprint density at radius 1 is 1.34 bits per heavy atom. The molecule has 0 unspecified atom stereocenters. The van der Waals surface area contributed by atoms with E-state index in [1.165, 1.54) is 37.4 Å². The number of hydrogen-bond acceptors (Lipinski definition) is 7. The number of nitrogens with one attached hydrogen (secondary N) is 1. The van der Waals surface area contributed by atoms with Crippen molar-refractivity contribution >= 4 is 44.6 Å². The van der Waals surface area contributed by atoms with Gasteiger partial charge in [0.1, 0.15) is 11.5 Å². The van der Waals surface area contributed by atoms with Gasteiger partial charge in [-0.25, -0.2) is 8.42 Å². The van der Waals surface area contributed by atoms with E-state index < -0.39 is 27.0 Å². The maximum absolute atomic E-state index is 12.8. The van der Waals surface area contributed by atoms with Crippen molar-refractivity contribution in [2.24, 2.45) is 0 Å². The minimum Gasteiger partial charge on any atom is -0.495 e. The molecule has 29 heavy (non-hydrogen) atoms. The number of anilines is 2. The molecule has 2 aromatic carbocycles. The Hall–Kier alpha value is -3.05. The highest BCUT2D eigenvalue weighted by atomic mass is 35.5. The van der Waals surface area contributed by atoms with E-state index in [-0.39, 0.29) is 35.1 Å². The first-order valence-electron chi connectivity index (χ1n) is 8.17. The summed E-state index contributed by atoms with van der Waals surface area (Å²) in [5.74, 6) is -0.331. The molecule has 0 saturated heterocycles. The van der Waals surface area contributed by atoms with Gasteiger partial charge in [-0.1, -0.05) is 11.6 Å². The molecule has 1 aliphatic rings. The third-order valence-electron chi connectivity index (χ3n) is 4.14. The summed E-state index contributed by atoms with van der Waals surface area (Å²) in [6, 6.07) is 8.11. The molecule has 12 heteroatoms. The summed E-state index contributed by atoms with van der Waals surface area (Å²) in [7, 11) is -2.38. The summed E-state index contributed by atoms with van der Waals surface area (Å²) < 4.78 is 36.2. The molecule has 1 heterocycles. The molecule has 1 atom stereocenters. The lowest BCUT2D eigenvalue weighted by Gasteiger charge is -2.34. The molecule has 0 radical (unpaired) electrons. The Morgan fingerprint density at radius 2 is 2.07 bits per heavy atom. The van der Waals surface area contributed by atoms with Crippen LogP contribution in [0, 0.1) is 10.1 Å². The van der Waals surface area contributed by atoms with Crippen LogP contribution in [-0.4, -0.2) is 45.3 Å². The number of nitro benzene ring substituents is 1. The summed E-state index contributed by atoms with van der Waals surface area (Å²) in [5.41, 5.74) is 0.0310. The minimum atomic E-state index is -3.73. The lowest BCUT2D eigenvalue weighted by Crippen LogP contribution is -2.48. The first kappa shape index (κ1) is 20.7. The van der Waals surface area contributed by atoms with Gasteiger partial charge in [-0.2, -0.15) is 0 Å². The van der Waals surface area contributed by atoms with Crippen molar-refractivity contribution in [3.8, 4) is 11.5 Å². The smallest absolute Gasteiger partial charge is 0.271 e. The monoisotopic (exact) mass is 441 g/mol. The average molecular weight is 442 g/mol. The predicted octanol–water partition coefficient (Wildman–Crippen LogP) is 2.42. The van der Waals surface area contributed by atoms with E-state index in [2.05, 4.69) is 5.32 Å². The normalized spacial score (nSPS) is 15.8. The number of carbonyl (C=O) groups is 1. The van der Waals surface area contributed by atoms with Crippen molar-refractivity contribution in [1.29, 1.82) is 0 Å². The highest BCUT2D eigenvalue weighted by Gasteiger charge is 2.35. The zero-order valence-corrected chi connectivity index (χ0v) is 16.9. The zero-order valence-electron chi connectivity index (χ0n) is 15.3. The number of rotatable bonds is 5. The number of non-ortho nitro benzene ring substituents is 1. The van der Waals surface area contributed by atoms with E-state index in [1.807, 2.05) is 0 Å². The van der Waals surface area contributed by atoms with E-state index in [0.717, 1.165) is 16.6 Å². The standard InChI is InChI=1S/C17H16ClN3O7S/c1-27-14-6-4-11(21(23)24)8-12(14)19-17(22)16-9-20(29(2,25)26)13-7-10(18)3-5-15(13)28-16/h3-8,16H,9H2,1-2H3,(H,19,22)/t16-/m1/s1. The number of carbonyl (C=O) groups excluding carboxylic acids is 1. The molecule has 154 valence electrons. The van der Waals surface area contributed by atoms with Crippen molar-refractivity contribution < 1.29 is 27.6 Å². The van der Waals surface area contributed by atoms with Gasteiger partial charge in [0.2, 0.25) is 10.0 Å². The van der Waals surface area contributed by atoms with Gasteiger partial charge >= 0.3 is 0 Å². The highest BCUT2D eigenvalue weighted by molar-refractivity contribution is 7.92. The van der Waals surface area contributed by atoms with E-state index in [1.54, 1.807) is 0 Å². The second kappa shape index (κ2) is 7.76. The molecule has 0 spiro atoms. The molecule has 0 saturated carbocycles. The van der Waals surface area contributed by atoms with Gasteiger partial charge in [-0.15, -0.1) is 0 Å². The van der Waals surface area contributed by atoms with Crippen LogP contribution in [0.25, 0.3) is 0 Å². The fourth-order valence-corrected chi connectivity index (χ4v) is 3.87. The number of nitrogens with zero attached hydrogens (tertiary/aromatic N) is 2. The van der Waals surface area contributed by atoms with Crippen molar-refractivity contribution in [2.75, 3.05) is 29.5 Å². The Morgan fingerprint density at radius 3 is 2.69 bits per heavy atom. The van der Waals surface area contributed by atoms with Crippen LogP contribution in [0.4, 0.5) is 17.1 Å². The molecule has 1 amide bonds. The van der Waals surface area contributed by atoms with Crippen LogP contribution >= 0.6 is 11.6 Å². The maximum atomic E-state index is 12.8. The molecule has 10 nitrogen and oxygen atoms in total. The molecular weight excluding hydrogens is 426 g/mol. The summed E-state index contributed by atoms with van der Waals surface area (Å²) in [5, 5.41) is 13.8. The first-order chi connectivity index (χ1) is 13.6. The highest BCUT2D eigenvalue weighted by Crippen LogP contribution is 2.37. The van der Waals surface area contributed by atoms with Gasteiger partial charge in [0.25, 0.3) is 11.6 Å². The Labute approximate surface area is 171 Å². The predicted molar refractivity (Wildman–Crippen MR) is 106 cm³/mol. The van der Waals surface area contributed by atoms with Gasteiger partial charge < -0.3 is 14.8 Å². The number of fused-ring (bicyclic) bond motifs is 1. The largest absolute Gasteiger partial charge is 0.495 e. The Kier molecular flexibility index (Phi) is 5.53. The SMILES string of the molecule is COc1ccc([N+](=O)[O-])cc1NC(=O)[C@H]1CN(S(C)(=O)=O)c2cc(Cl)ccc2O1. The first-order valence-corrected chi connectivity index (χ1v) is 10.4. The molecule has 0 bridgehead atoms. The van der Waals surface area contributed by atoms with Crippen molar-refractivity contribution in [1.82, 2.24) is 0 Å². The molecule has 0 aromatic heterocycles. The van der Waals surface area contributed by atoms with E-state index >= 15 is 0 Å². The van der Waals surface area contributed by atoms with Crippen LogP contribution in [0.5, 0.6) is 11.5 Å². The lowest BCUT2D eigenvalue weighted by molar-refractivity contribution is -0.384. The second-order valence-corrected chi connectivity index (χ2v) is 8.49. The third kappa shape index (κ3) is 4.35. The fourth-order valence-electron chi connectivity index (χ4n) is 2.80. The second-order valence-electron chi connectivity index (χ2n) is 6.14. The van der Waals surface area contributed by atoms with Gasteiger partial charge in [-0.05, 0) is 24.3 Å². The lowest BCUT2D eigenvalue weighted by atomic mass is 10.2. The maximum Gasteiger partial charge on any atom is 0.271 e. The molecular formula is C17H16ClN3O7S. The Balaban J connectivity index is 1.92. The van der Waals surface area contributed by atoms with Crippen LogP contribution in [0.1, 0.15) is 0 Å². The molecule has 1 aliphatic heterocycles. The van der Waals surface area contributed by atoms with Gasteiger partial charge in [-0.3, -0.25) is 19.2 Å². The molecule has 0 aliphatic carbocycles. The number of amides is 1. The fraction of sp³-hybridized carbons (Fsp3) is 0.235. The van der Waals surface area contributed by atoms with E-state index in [0.29, 0.717) is 5.02 Å². The summed E-state index contributed by atoms with van der Waals surface area (Å²) in [6.45, 7) is -0.296. The zero-order chi connectivity index (χ0) is 21.3. The van der Waals surface area contributed by atoms with Crippen LogP contribution in [0.3, 0.4) is 0 Å². The number of halogens is 1. The van der Waals surface area contributed by atoms with Gasteiger partial charge in [0.15, 0.2) is 6.10 Å². The number of hydrogen-bond donors (Lipinski definition) is 1. The molecule has 0 fully saturated rings. The van der Waals surface area contributed by atoms with Crippen molar-refractivity contribution in [3.05, 3.63) is 51.5 Å².